The van der Waals surface area contributed by atoms with Gasteiger partial charge in [-0.2, -0.15) is 4.98 Å². The number of rotatable bonds is 5. The van der Waals surface area contributed by atoms with Crippen molar-refractivity contribution >= 4 is 28.4 Å². The fourth-order valence-corrected chi connectivity index (χ4v) is 2.94. The van der Waals surface area contributed by atoms with Gasteiger partial charge in [0.15, 0.2) is 0 Å². The van der Waals surface area contributed by atoms with Crippen LogP contribution in [0.2, 0.25) is 0 Å². The normalized spacial score (nSPS) is 10.7. The van der Waals surface area contributed by atoms with Gasteiger partial charge in [0.25, 0.3) is 0 Å². The number of fused-ring (bicyclic) bond motifs is 1. The minimum absolute atomic E-state index is 0.235. The minimum atomic E-state index is -0.235. The third-order valence-electron chi connectivity index (χ3n) is 4.28. The van der Waals surface area contributed by atoms with E-state index in [2.05, 4.69) is 20.6 Å². The Kier molecular flexibility index (Phi) is 4.66. The molecule has 0 saturated carbocycles. The maximum Gasteiger partial charge on any atom is 0.229 e. The maximum absolute atomic E-state index is 13.9. The Hall–Kier alpha value is -3.47. The van der Waals surface area contributed by atoms with Gasteiger partial charge in [0.05, 0.1) is 5.52 Å². The SMILES string of the molecule is Cc1cccc(Nc2nc(NCc3ccccc3F)c3ccccc3n2)c1. The van der Waals surface area contributed by atoms with E-state index in [4.69, 9.17) is 0 Å². The van der Waals surface area contributed by atoms with Gasteiger partial charge in [-0.1, -0.05) is 42.5 Å². The first kappa shape index (κ1) is 17.0. The van der Waals surface area contributed by atoms with E-state index in [0.29, 0.717) is 23.9 Å². The molecule has 1 heterocycles. The zero-order valence-corrected chi connectivity index (χ0v) is 14.9. The highest BCUT2D eigenvalue weighted by Crippen LogP contribution is 2.24. The second kappa shape index (κ2) is 7.41. The Morgan fingerprint density at radius 2 is 1.70 bits per heavy atom. The Bertz CT molecular complexity index is 1090. The summed E-state index contributed by atoms with van der Waals surface area (Å²) in [5, 5.41) is 7.39. The lowest BCUT2D eigenvalue weighted by molar-refractivity contribution is 0.613. The molecule has 0 aliphatic heterocycles. The molecule has 3 aromatic carbocycles. The Morgan fingerprint density at radius 1 is 0.889 bits per heavy atom. The molecule has 0 fully saturated rings. The van der Waals surface area contributed by atoms with Gasteiger partial charge >= 0.3 is 0 Å². The number of halogens is 1. The number of hydrogen-bond donors (Lipinski definition) is 2. The minimum Gasteiger partial charge on any atom is -0.365 e. The van der Waals surface area contributed by atoms with Gasteiger partial charge in [-0.3, -0.25) is 0 Å². The van der Waals surface area contributed by atoms with Gasteiger partial charge in [-0.05, 0) is 42.8 Å². The molecule has 0 atom stereocenters. The molecule has 0 aliphatic carbocycles. The number of nitrogens with zero attached hydrogens (tertiary/aromatic N) is 2. The lowest BCUT2D eigenvalue weighted by atomic mass is 10.2. The van der Waals surface area contributed by atoms with E-state index in [1.165, 1.54) is 6.07 Å². The van der Waals surface area contributed by atoms with Crippen LogP contribution in [-0.4, -0.2) is 9.97 Å². The second-order valence-corrected chi connectivity index (χ2v) is 6.35. The van der Waals surface area contributed by atoms with Crippen LogP contribution in [-0.2, 0) is 6.54 Å². The number of aromatic nitrogens is 2. The quantitative estimate of drug-likeness (QED) is 0.499. The molecule has 0 spiro atoms. The highest BCUT2D eigenvalue weighted by molar-refractivity contribution is 5.90. The molecule has 0 saturated heterocycles. The van der Waals surface area contributed by atoms with Crippen molar-refractivity contribution in [2.24, 2.45) is 0 Å². The number of hydrogen-bond acceptors (Lipinski definition) is 4. The molecule has 0 radical (unpaired) electrons. The number of anilines is 3. The highest BCUT2D eigenvalue weighted by Gasteiger charge is 2.09. The number of nitrogens with one attached hydrogen (secondary N) is 2. The Morgan fingerprint density at radius 3 is 2.56 bits per heavy atom. The number of para-hydroxylation sites is 1. The summed E-state index contributed by atoms with van der Waals surface area (Å²) in [5.74, 6) is 0.927. The smallest absolute Gasteiger partial charge is 0.229 e. The molecule has 134 valence electrons. The van der Waals surface area contributed by atoms with Gasteiger partial charge in [-0.25, -0.2) is 9.37 Å². The average molecular weight is 358 g/mol. The molecule has 0 bridgehead atoms. The molecule has 4 rings (SSSR count). The fourth-order valence-electron chi connectivity index (χ4n) is 2.94. The molecular formula is C22H19FN4. The molecule has 0 unspecified atom stereocenters. The molecule has 0 aliphatic rings. The molecule has 1 aromatic heterocycles. The first-order valence-electron chi connectivity index (χ1n) is 8.77. The van der Waals surface area contributed by atoms with Crippen LogP contribution in [0, 0.1) is 12.7 Å². The van der Waals surface area contributed by atoms with Crippen molar-refractivity contribution in [1.29, 1.82) is 0 Å². The molecule has 0 amide bonds. The summed E-state index contributed by atoms with van der Waals surface area (Å²) in [4.78, 5) is 9.21. The third-order valence-corrected chi connectivity index (χ3v) is 4.28. The van der Waals surface area contributed by atoms with Crippen LogP contribution in [0.1, 0.15) is 11.1 Å². The summed E-state index contributed by atoms with van der Waals surface area (Å²) in [6.07, 6.45) is 0. The van der Waals surface area contributed by atoms with Crippen molar-refractivity contribution in [2.45, 2.75) is 13.5 Å². The summed E-state index contributed by atoms with van der Waals surface area (Å²) >= 11 is 0. The lowest BCUT2D eigenvalue weighted by Gasteiger charge is -2.12. The summed E-state index contributed by atoms with van der Waals surface area (Å²) < 4.78 is 13.9. The predicted octanol–water partition coefficient (Wildman–Crippen LogP) is 5.43. The topological polar surface area (TPSA) is 49.8 Å². The van der Waals surface area contributed by atoms with Crippen LogP contribution >= 0.6 is 0 Å². The van der Waals surface area contributed by atoms with E-state index in [1.54, 1.807) is 12.1 Å². The number of aryl methyl sites for hydroxylation is 1. The zero-order valence-electron chi connectivity index (χ0n) is 14.9. The van der Waals surface area contributed by atoms with Crippen molar-refractivity contribution in [3.05, 3.63) is 89.7 Å². The highest BCUT2D eigenvalue weighted by atomic mass is 19.1. The van der Waals surface area contributed by atoms with Crippen molar-refractivity contribution in [3.63, 3.8) is 0 Å². The standard InChI is InChI=1S/C22H19FN4/c1-15-7-6-9-17(13-15)25-22-26-20-12-5-3-10-18(20)21(27-22)24-14-16-8-2-4-11-19(16)23/h2-13H,14H2,1H3,(H2,24,25,26,27). The van der Waals surface area contributed by atoms with E-state index in [9.17, 15) is 4.39 Å². The zero-order chi connectivity index (χ0) is 18.6. The van der Waals surface area contributed by atoms with E-state index in [1.807, 2.05) is 61.5 Å². The molecular weight excluding hydrogens is 339 g/mol. The lowest BCUT2D eigenvalue weighted by Crippen LogP contribution is -2.06. The third kappa shape index (κ3) is 3.87. The van der Waals surface area contributed by atoms with Crippen LogP contribution < -0.4 is 10.6 Å². The van der Waals surface area contributed by atoms with Crippen molar-refractivity contribution in [2.75, 3.05) is 10.6 Å². The van der Waals surface area contributed by atoms with Crippen LogP contribution in [0.3, 0.4) is 0 Å². The molecule has 2 N–H and O–H groups in total. The Labute approximate surface area is 157 Å². The van der Waals surface area contributed by atoms with Crippen LogP contribution in [0.5, 0.6) is 0 Å². The summed E-state index contributed by atoms with van der Waals surface area (Å²) in [6.45, 7) is 2.38. The maximum atomic E-state index is 13.9. The van der Waals surface area contributed by atoms with Crippen molar-refractivity contribution in [3.8, 4) is 0 Å². The van der Waals surface area contributed by atoms with Crippen LogP contribution in [0.25, 0.3) is 10.9 Å². The molecule has 4 aromatic rings. The summed E-state index contributed by atoms with van der Waals surface area (Å²) in [6, 6.07) is 22.5. The average Bonchev–Trinajstić information content (AvgIpc) is 2.67. The van der Waals surface area contributed by atoms with Crippen molar-refractivity contribution < 1.29 is 4.39 Å². The first-order valence-corrected chi connectivity index (χ1v) is 8.77. The summed E-state index contributed by atoms with van der Waals surface area (Å²) in [7, 11) is 0. The fraction of sp³-hybridized carbons (Fsp3) is 0.0909. The van der Waals surface area contributed by atoms with Gasteiger partial charge in [-0.15, -0.1) is 0 Å². The van der Waals surface area contributed by atoms with E-state index >= 15 is 0 Å². The van der Waals surface area contributed by atoms with E-state index < -0.39 is 0 Å². The van der Waals surface area contributed by atoms with Gasteiger partial charge in [0, 0.05) is 23.2 Å². The molecule has 4 nitrogen and oxygen atoms in total. The monoisotopic (exact) mass is 358 g/mol. The van der Waals surface area contributed by atoms with Crippen LogP contribution in [0.15, 0.2) is 72.8 Å². The first-order chi connectivity index (χ1) is 13.2. The van der Waals surface area contributed by atoms with E-state index in [0.717, 1.165) is 22.2 Å². The Balaban J connectivity index is 1.67. The van der Waals surface area contributed by atoms with Gasteiger partial charge in [0.2, 0.25) is 5.95 Å². The largest absolute Gasteiger partial charge is 0.365 e. The van der Waals surface area contributed by atoms with E-state index in [-0.39, 0.29) is 5.82 Å². The van der Waals surface area contributed by atoms with Gasteiger partial charge in [0.1, 0.15) is 11.6 Å². The second-order valence-electron chi connectivity index (χ2n) is 6.35. The number of benzene rings is 3. The molecule has 27 heavy (non-hydrogen) atoms. The summed E-state index contributed by atoms with van der Waals surface area (Å²) in [5.41, 5.74) is 3.48. The van der Waals surface area contributed by atoms with Crippen LogP contribution in [0.4, 0.5) is 21.8 Å². The predicted molar refractivity (Wildman–Crippen MR) is 108 cm³/mol. The van der Waals surface area contributed by atoms with Gasteiger partial charge < -0.3 is 10.6 Å². The molecule has 5 heteroatoms. The van der Waals surface area contributed by atoms with Crippen molar-refractivity contribution in [1.82, 2.24) is 9.97 Å².